The first-order valence-corrected chi connectivity index (χ1v) is 4.81. The standard InChI is InChI=1S/C9H7BrO2/c10-5-8-9(11)6-3-1-2-4-7(6)12-8/h1-4,8H,5H2. The number of alkyl halides is 1. The monoisotopic (exact) mass is 226 g/mol. The van der Waals surface area contributed by atoms with E-state index in [1.54, 1.807) is 6.07 Å². The van der Waals surface area contributed by atoms with Crippen molar-refractivity contribution >= 4 is 21.7 Å². The van der Waals surface area contributed by atoms with Crippen LogP contribution in [0.1, 0.15) is 10.4 Å². The number of para-hydroxylation sites is 1. The van der Waals surface area contributed by atoms with E-state index >= 15 is 0 Å². The van der Waals surface area contributed by atoms with Crippen molar-refractivity contribution in [2.45, 2.75) is 6.10 Å². The van der Waals surface area contributed by atoms with E-state index in [4.69, 9.17) is 4.74 Å². The van der Waals surface area contributed by atoms with E-state index in [9.17, 15) is 4.79 Å². The van der Waals surface area contributed by atoms with Crippen LogP contribution in [-0.2, 0) is 0 Å². The van der Waals surface area contributed by atoms with Crippen molar-refractivity contribution in [3.05, 3.63) is 29.8 Å². The molecule has 1 aliphatic rings. The molecule has 0 saturated carbocycles. The molecule has 1 aromatic rings. The second-order valence-electron chi connectivity index (χ2n) is 2.62. The highest BCUT2D eigenvalue weighted by molar-refractivity contribution is 9.09. The van der Waals surface area contributed by atoms with Gasteiger partial charge < -0.3 is 4.74 Å². The predicted molar refractivity (Wildman–Crippen MR) is 49.0 cm³/mol. The molecule has 62 valence electrons. The fourth-order valence-corrected chi connectivity index (χ4v) is 1.68. The van der Waals surface area contributed by atoms with E-state index in [1.165, 1.54) is 0 Å². The number of Topliss-reactive ketones (excluding diaryl/α,β-unsaturated/α-hetero) is 1. The van der Waals surface area contributed by atoms with Gasteiger partial charge in [0.2, 0.25) is 5.78 Å². The Morgan fingerprint density at radius 2 is 2.17 bits per heavy atom. The van der Waals surface area contributed by atoms with Crippen LogP contribution in [0, 0.1) is 0 Å². The molecule has 1 aromatic carbocycles. The van der Waals surface area contributed by atoms with Crippen LogP contribution in [0.2, 0.25) is 0 Å². The zero-order valence-electron chi connectivity index (χ0n) is 6.29. The Kier molecular flexibility index (Phi) is 1.89. The summed E-state index contributed by atoms with van der Waals surface area (Å²) in [7, 11) is 0. The number of halogens is 1. The lowest BCUT2D eigenvalue weighted by Gasteiger charge is -2.02. The van der Waals surface area contributed by atoms with Gasteiger partial charge in [0.05, 0.1) is 5.56 Å². The summed E-state index contributed by atoms with van der Waals surface area (Å²) in [4.78, 5) is 11.5. The third-order valence-corrected chi connectivity index (χ3v) is 2.44. The number of rotatable bonds is 1. The van der Waals surface area contributed by atoms with Crippen molar-refractivity contribution in [3.8, 4) is 5.75 Å². The molecule has 12 heavy (non-hydrogen) atoms. The molecule has 0 amide bonds. The van der Waals surface area contributed by atoms with Gasteiger partial charge in [0.25, 0.3) is 0 Å². The summed E-state index contributed by atoms with van der Waals surface area (Å²) < 4.78 is 5.37. The molecule has 3 heteroatoms. The number of benzene rings is 1. The summed E-state index contributed by atoms with van der Waals surface area (Å²) in [5.41, 5.74) is 0.696. The maximum Gasteiger partial charge on any atom is 0.207 e. The van der Waals surface area contributed by atoms with Gasteiger partial charge in [-0.2, -0.15) is 0 Å². The Bertz CT molecular complexity index is 322. The molecule has 0 bridgehead atoms. The molecule has 1 unspecified atom stereocenters. The summed E-state index contributed by atoms with van der Waals surface area (Å²) in [6.45, 7) is 0. The molecular formula is C9H7BrO2. The minimum atomic E-state index is -0.331. The van der Waals surface area contributed by atoms with Crippen molar-refractivity contribution in [2.24, 2.45) is 0 Å². The average Bonchev–Trinajstić information content (AvgIpc) is 2.44. The van der Waals surface area contributed by atoms with Crippen LogP contribution in [0.25, 0.3) is 0 Å². The molecule has 0 saturated heterocycles. The Morgan fingerprint density at radius 3 is 2.83 bits per heavy atom. The molecule has 0 radical (unpaired) electrons. The van der Waals surface area contributed by atoms with E-state index in [-0.39, 0.29) is 11.9 Å². The number of ketones is 1. The van der Waals surface area contributed by atoms with Crippen molar-refractivity contribution in [2.75, 3.05) is 5.33 Å². The lowest BCUT2D eigenvalue weighted by molar-refractivity contribution is 0.0885. The maximum absolute atomic E-state index is 11.5. The predicted octanol–water partition coefficient (Wildman–Crippen LogP) is 2.03. The van der Waals surface area contributed by atoms with Crippen LogP contribution in [0.15, 0.2) is 24.3 Å². The summed E-state index contributed by atoms with van der Waals surface area (Å²) in [6.07, 6.45) is -0.331. The van der Waals surface area contributed by atoms with E-state index in [1.807, 2.05) is 18.2 Å². The van der Waals surface area contributed by atoms with Gasteiger partial charge in [-0.05, 0) is 12.1 Å². The highest BCUT2D eigenvalue weighted by atomic mass is 79.9. The van der Waals surface area contributed by atoms with E-state index in [2.05, 4.69) is 15.9 Å². The maximum atomic E-state index is 11.5. The minimum absolute atomic E-state index is 0.0717. The number of hydrogen-bond acceptors (Lipinski definition) is 2. The highest BCUT2D eigenvalue weighted by Gasteiger charge is 2.30. The minimum Gasteiger partial charge on any atom is -0.481 e. The number of carbonyl (C=O) groups is 1. The van der Waals surface area contributed by atoms with Gasteiger partial charge >= 0.3 is 0 Å². The van der Waals surface area contributed by atoms with Crippen LogP contribution in [0.3, 0.4) is 0 Å². The van der Waals surface area contributed by atoms with Crippen LogP contribution < -0.4 is 4.74 Å². The SMILES string of the molecule is O=C1c2ccccc2OC1CBr. The van der Waals surface area contributed by atoms with Crippen LogP contribution in [0.4, 0.5) is 0 Å². The molecule has 1 aliphatic heterocycles. The Morgan fingerprint density at radius 1 is 1.42 bits per heavy atom. The second kappa shape index (κ2) is 2.90. The van der Waals surface area contributed by atoms with Crippen molar-refractivity contribution in [3.63, 3.8) is 0 Å². The van der Waals surface area contributed by atoms with Crippen molar-refractivity contribution < 1.29 is 9.53 Å². The van der Waals surface area contributed by atoms with E-state index < -0.39 is 0 Å². The van der Waals surface area contributed by atoms with Gasteiger partial charge in [0, 0.05) is 5.33 Å². The summed E-state index contributed by atoms with van der Waals surface area (Å²) in [6, 6.07) is 7.32. The first-order valence-electron chi connectivity index (χ1n) is 3.69. The van der Waals surface area contributed by atoms with E-state index in [0.29, 0.717) is 16.6 Å². The molecule has 0 fully saturated rings. The Balaban J connectivity index is 2.42. The normalized spacial score (nSPS) is 20.4. The molecule has 0 spiro atoms. The third kappa shape index (κ3) is 1.05. The zero-order chi connectivity index (χ0) is 8.55. The molecule has 1 atom stereocenters. The van der Waals surface area contributed by atoms with Gasteiger partial charge in [-0.15, -0.1) is 0 Å². The third-order valence-electron chi connectivity index (χ3n) is 1.85. The van der Waals surface area contributed by atoms with Gasteiger partial charge in [-0.25, -0.2) is 0 Å². The van der Waals surface area contributed by atoms with Gasteiger partial charge in [-0.3, -0.25) is 4.79 Å². The molecule has 2 nitrogen and oxygen atoms in total. The quantitative estimate of drug-likeness (QED) is 0.686. The topological polar surface area (TPSA) is 26.3 Å². The number of hydrogen-bond donors (Lipinski definition) is 0. The molecule has 0 N–H and O–H groups in total. The molecule has 1 heterocycles. The Hall–Kier alpha value is -0.830. The lowest BCUT2D eigenvalue weighted by atomic mass is 10.1. The molecule has 0 aromatic heterocycles. The van der Waals surface area contributed by atoms with Gasteiger partial charge in [-0.1, -0.05) is 28.1 Å². The summed E-state index contributed by atoms with van der Waals surface area (Å²) >= 11 is 3.23. The average molecular weight is 227 g/mol. The summed E-state index contributed by atoms with van der Waals surface area (Å²) in [5.74, 6) is 0.773. The number of fused-ring (bicyclic) bond motifs is 1. The van der Waals surface area contributed by atoms with Gasteiger partial charge in [0.1, 0.15) is 5.75 Å². The van der Waals surface area contributed by atoms with Crippen molar-refractivity contribution in [1.82, 2.24) is 0 Å². The fourth-order valence-electron chi connectivity index (χ4n) is 1.25. The lowest BCUT2D eigenvalue weighted by Crippen LogP contribution is -2.21. The van der Waals surface area contributed by atoms with Gasteiger partial charge in [0.15, 0.2) is 6.10 Å². The van der Waals surface area contributed by atoms with E-state index in [0.717, 1.165) is 0 Å². The van der Waals surface area contributed by atoms with Crippen LogP contribution in [0.5, 0.6) is 5.75 Å². The molecular weight excluding hydrogens is 220 g/mol. The molecule has 0 aliphatic carbocycles. The highest BCUT2D eigenvalue weighted by Crippen LogP contribution is 2.28. The second-order valence-corrected chi connectivity index (χ2v) is 3.27. The van der Waals surface area contributed by atoms with Crippen LogP contribution >= 0.6 is 15.9 Å². The fraction of sp³-hybridized carbons (Fsp3) is 0.222. The Labute approximate surface area is 78.7 Å². The number of carbonyl (C=O) groups excluding carboxylic acids is 1. The van der Waals surface area contributed by atoms with Crippen molar-refractivity contribution in [1.29, 1.82) is 0 Å². The first kappa shape index (κ1) is 7.80. The van der Waals surface area contributed by atoms with Crippen LogP contribution in [-0.4, -0.2) is 17.2 Å². The number of ether oxygens (including phenoxy) is 1. The first-order chi connectivity index (χ1) is 5.83. The smallest absolute Gasteiger partial charge is 0.207 e. The zero-order valence-corrected chi connectivity index (χ0v) is 7.87. The largest absolute Gasteiger partial charge is 0.481 e. The molecule has 2 rings (SSSR count). The summed E-state index contributed by atoms with van der Waals surface area (Å²) in [5, 5.41) is 0.556.